The van der Waals surface area contributed by atoms with E-state index in [0.717, 1.165) is 41.3 Å². The lowest BCUT2D eigenvalue weighted by Gasteiger charge is -2.17. The summed E-state index contributed by atoms with van der Waals surface area (Å²) in [6, 6.07) is 11.4. The second-order valence-corrected chi connectivity index (χ2v) is 11.1. The van der Waals surface area contributed by atoms with Crippen LogP contribution in [0, 0.1) is 24.2 Å². The van der Waals surface area contributed by atoms with Gasteiger partial charge in [-0.05, 0) is 88.9 Å². The third kappa shape index (κ3) is 24.0. The Morgan fingerprint density at radius 3 is 2.02 bits per heavy atom. The molecule has 2 aromatic rings. The number of ether oxygens (including phenoxy) is 1. The van der Waals surface area contributed by atoms with Crippen LogP contribution in [-0.2, 0) is 9.53 Å². The highest BCUT2D eigenvalue weighted by Crippen LogP contribution is 2.29. The van der Waals surface area contributed by atoms with Gasteiger partial charge >= 0.3 is 5.97 Å². The molecule has 0 fully saturated rings. The minimum Gasteiger partial charge on any atom is -0.460 e. The fraction of sp³-hybridized carbons (Fsp3) is 0.583. The molecule has 0 spiro atoms. The number of nitrogens with two attached hydrogens (primary N) is 1. The summed E-state index contributed by atoms with van der Waals surface area (Å²) in [5.41, 5.74) is 9.14. The van der Waals surface area contributed by atoms with E-state index in [4.69, 9.17) is 27.3 Å². The number of nitriles is 1. The molecular weight excluding hydrogens is 542 g/mol. The van der Waals surface area contributed by atoms with Crippen molar-refractivity contribution in [1.29, 1.82) is 5.26 Å². The highest BCUT2D eigenvalue weighted by molar-refractivity contribution is 6.32. The number of allylic oxidation sites excluding steroid dienone is 1. The summed E-state index contributed by atoms with van der Waals surface area (Å²) in [5.74, 6) is 0.731. The van der Waals surface area contributed by atoms with E-state index in [9.17, 15) is 4.79 Å². The number of rotatable bonds is 8. The predicted molar refractivity (Wildman–Crippen MR) is 185 cm³/mol. The Labute approximate surface area is 263 Å². The number of carbonyl (C=O) groups excluding carboxylic acids is 1. The number of unbranched alkanes of at least 4 members (excludes halogenated alkanes) is 2. The number of benzene rings is 1. The van der Waals surface area contributed by atoms with Crippen LogP contribution >= 0.6 is 11.6 Å². The van der Waals surface area contributed by atoms with Gasteiger partial charge in [0.05, 0.1) is 17.3 Å². The van der Waals surface area contributed by atoms with Gasteiger partial charge in [0.25, 0.3) is 0 Å². The lowest BCUT2D eigenvalue weighted by Crippen LogP contribution is -2.21. The van der Waals surface area contributed by atoms with Crippen LogP contribution in [-0.4, -0.2) is 23.1 Å². The van der Waals surface area contributed by atoms with Crippen LogP contribution in [0.2, 0.25) is 5.15 Å². The van der Waals surface area contributed by atoms with Gasteiger partial charge in [0, 0.05) is 12.5 Å². The molecule has 1 heterocycles. The first-order chi connectivity index (χ1) is 19.8. The van der Waals surface area contributed by atoms with Crippen molar-refractivity contribution >= 4 is 23.6 Å². The Bertz CT molecular complexity index is 1020. The fourth-order valence-corrected chi connectivity index (χ4v) is 3.49. The van der Waals surface area contributed by atoms with Crippen molar-refractivity contribution in [3.8, 4) is 17.2 Å². The van der Waals surface area contributed by atoms with E-state index in [1.807, 2.05) is 78.8 Å². The second kappa shape index (κ2) is 27.2. The predicted octanol–water partition coefficient (Wildman–Crippen LogP) is 11.0. The molecule has 0 saturated carbocycles. The van der Waals surface area contributed by atoms with Crippen molar-refractivity contribution in [3.63, 3.8) is 0 Å². The first-order valence-electron chi connectivity index (χ1n) is 15.5. The SMILES string of the molecule is C/C=C\c1nc(Cl)c(-c2ccc(C#N)cc2)cc1C.CC.CC(=O)OC(C)(C)C.CCCCCC(C)CC.CCCN. The Morgan fingerprint density at radius 2 is 1.67 bits per heavy atom. The minimum atomic E-state index is -0.328. The average Bonchev–Trinajstić information content (AvgIpc) is 2.95. The summed E-state index contributed by atoms with van der Waals surface area (Å²) >= 11 is 6.24. The van der Waals surface area contributed by atoms with E-state index in [1.165, 1.54) is 39.0 Å². The molecule has 2 N–H and O–H groups in total. The van der Waals surface area contributed by atoms with E-state index in [-0.39, 0.29) is 11.6 Å². The fourth-order valence-electron chi connectivity index (χ4n) is 3.24. The molecule has 0 radical (unpaired) electrons. The summed E-state index contributed by atoms with van der Waals surface area (Å²) in [5, 5.41) is 9.27. The summed E-state index contributed by atoms with van der Waals surface area (Å²) in [4.78, 5) is 14.6. The van der Waals surface area contributed by atoms with E-state index in [1.54, 1.807) is 12.1 Å². The molecule has 0 amide bonds. The maximum absolute atomic E-state index is 10.2. The van der Waals surface area contributed by atoms with Gasteiger partial charge < -0.3 is 10.5 Å². The largest absolute Gasteiger partial charge is 0.460 e. The van der Waals surface area contributed by atoms with Crippen LogP contribution in [0.5, 0.6) is 0 Å². The topological polar surface area (TPSA) is 89.0 Å². The van der Waals surface area contributed by atoms with Crippen LogP contribution in [0.3, 0.4) is 0 Å². The zero-order chi connectivity index (χ0) is 33.1. The lowest BCUT2D eigenvalue weighted by atomic mass is 10.0. The normalized spacial score (nSPS) is 10.7. The summed E-state index contributed by atoms with van der Waals surface area (Å²) in [6.45, 7) is 24.6. The van der Waals surface area contributed by atoms with Gasteiger partial charge in [-0.3, -0.25) is 4.79 Å². The van der Waals surface area contributed by atoms with Crippen LogP contribution in [0.4, 0.5) is 0 Å². The van der Waals surface area contributed by atoms with Gasteiger partial charge in [-0.2, -0.15) is 5.26 Å². The molecular formula is C36H60ClN3O2. The van der Waals surface area contributed by atoms with Gasteiger partial charge in [-0.15, -0.1) is 0 Å². The zero-order valence-corrected chi connectivity index (χ0v) is 29.5. The van der Waals surface area contributed by atoms with Crippen LogP contribution in [0.1, 0.15) is 132 Å². The number of pyridine rings is 1. The van der Waals surface area contributed by atoms with Crippen molar-refractivity contribution in [3.05, 3.63) is 58.4 Å². The maximum atomic E-state index is 10.2. The third-order valence-corrected chi connectivity index (χ3v) is 5.88. The summed E-state index contributed by atoms with van der Waals surface area (Å²) in [7, 11) is 0. The van der Waals surface area contributed by atoms with Crippen molar-refractivity contribution in [1.82, 2.24) is 4.98 Å². The smallest absolute Gasteiger partial charge is 0.303 e. The third-order valence-electron chi connectivity index (χ3n) is 5.59. The molecule has 1 unspecified atom stereocenters. The molecule has 1 atom stereocenters. The Morgan fingerprint density at radius 1 is 1.12 bits per heavy atom. The van der Waals surface area contributed by atoms with E-state index in [2.05, 4.69) is 38.7 Å². The van der Waals surface area contributed by atoms with Crippen molar-refractivity contribution in [2.45, 2.75) is 127 Å². The average molecular weight is 602 g/mol. The number of halogens is 1. The van der Waals surface area contributed by atoms with Crippen molar-refractivity contribution < 1.29 is 9.53 Å². The van der Waals surface area contributed by atoms with E-state index >= 15 is 0 Å². The maximum Gasteiger partial charge on any atom is 0.303 e. The number of aromatic nitrogens is 1. The molecule has 6 heteroatoms. The quantitative estimate of drug-likeness (QED) is 0.184. The van der Waals surface area contributed by atoms with Gasteiger partial charge in [-0.1, -0.05) is 103 Å². The second-order valence-electron chi connectivity index (χ2n) is 10.7. The molecule has 2 rings (SSSR count). The zero-order valence-electron chi connectivity index (χ0n) is 28.7. The van der Waals surface area contributed by atoms with Crippen LogP contribution in [0.25, 0.3) is 17.2 Å². The van der Waals surface area contributed by atoms with Gasteiger partial charge in [0.2, 0.25) is 0 Å². The Balaban J connectivity index is -0.000000555. The number of carbonyl (C=O) groups is 1. The molecule has 0 bridgehead atoms. The number of nitrogens with zero attached hydrogens (tertiary/aromatic N) is 2. The van der Waals surface area contributed by atoms with E-state index < -0.39 is 0 Å². The molecule has 0 aliphatic carbocycles. The molecule has 0 aliphatic heterocycles. The Hall–Kier alpha value is -2.68. The molecule has 1 aromatic heterocycles. The number of hydrogen-bond acceptors (Lipinski definition) is 5. The molecule has 5 nitrogen and oxygen atoms in total. The van der Waals surface area contributed by atoms with Crippen molar-refractivity contribution in [2.75, 3.05) is 6.54 Å². The first kappa shape index (κ1) is 43.8. The lowest BCUT2D eigenvalue weighted by molar-refractivity contribution is -0.151. The standard InChI is InChI=1S/C16H13ClN2.C9H20.C6H12O2.C3H9N.C2H6/c1-3-4-15-11(2)9-14(16(17)19-15)13-7-5-12(10-18)6-8-13;1-4-6-7-8-9(3)5-2;1-5(7)8-6(2,3)4;1-2-3-4;1-2/h3-9H,1-2H3;9H,4-8H2,1-3H3;1-4H3;2-4H2,1H3;1-2H3/b4-3-;;;;. The minimum absolute atomic E-state index is 0.225. The van der Waals surface area contributed by atoms with Crippen LogP contribution in [0.15, 0.2) is 36.4 Å². The summed E-state index contributed by atoms with van der Waals surface area (Å²) < 4.78 is 4.80. The van der Waals surface area contributed by atoms with Crippen LogP contribution < -0.4 is 5.73 Å². The van der Waals surface area contributed by atoms with Gasteiger partial charge in [0.1, 0.15) is 10.8 Å². The number of hydrogen-bond donors (Lipinski definition) is 1. The highest BCUT2D eigenvalue weighted by atomic mass is 35.5. The first-order valence-corrected chi connectivity index (χ1v) is 15.9. The van der Waals surface area contributed by atoms with E-state index in [0.29, 0.717) is 10.7 Å². The molecule has 0 saturated heterocycles. The molecule has 42 heavy (non-hydrogen) atoms. The highest BCUT2D eigenvalue weighted by Gasteiger charge is 2.12. The summed E-state index contributed by atoms with van der Waals surface area (Å²) in [6.07, 6.45) is 12.0. The van der Waals surface area contributed by atoms with Gasteiger partial charge in [0.15, 0.2) is 0 Å². The number of esters is 1. The monoisotopic (exact) mass is 601 g/mol. The molecule has 0 aliphatic rings. The molecule has 238 valence electrons. The molecule has 1 aromatic carbocycles. The Kier molecular flexibility index (Phi) is 28.3. The van der Waals surface area contributed by atoms with Crippen molar-refractivity contribution in [2.24, 2.45) is 11.7 Å². The number of aryl methyl sites for hydroxylation is 1. The van der Waals surface area contributed by atoms with Gasteiger partial charge in [-0.25, -0.2) is 4.98 Å².